The number of ether oxygens (including phenoxy) is 1. The van der Waals surface area contributed by atoms with Crippen LogP contribution in [0.1, 0.15) is 139 Å². The van der Waals surface area contributed by atoms with Gasteiger partial charge in [0.05, 0.1) is 17.8 Å². The number of benzene rings is 1. The van der Waals surface area contributed by atoms with E-state index in [1.54, 1.807) is 11.3 Å². The van der Waals surface area contributed by atoms with Crippen molar-refractivity contribution in [2.45, 2.75) is 146 Å². The van der Waals surface area contributed by atoms with Crippen LogP contribution in [0, 0.1) is 0 Å². The summed E-state index contributed by atoms with van der Waals surface area (Å²) in [6.45, 7) is 3.08. The molecule has 2 aromatic heterocycles. The summed E-state index contributed by atoms with van der Waals surface area (Å²) in [4.78, 5) is 6.47. The predicted octanol–water partition coefficient (Wildman–Crippen LogP) is 15.0. The number of allylic oxidation sites excluding steroid dienone is 2. The lowest BCUT2D eigenvalue weighted by Crippen LogP contribution is -2.28. The average molecular weight is 810 g/mol. The minimum atomic E-state index is -0.422. The smallest absolute Gasteiger partial charge is 0.141 e. The summed E-state index contributed by atoms with van der Waals surface area (Å²) < 4.78 is 10.5. The number of unbranched alkanes of at least 4 members (excludes halogenated alkanes) is 16. The minimum Gasteiger partial charge on any atom is -0.363 e. The Morgan fingerprint density at radius 2 is 1.46 bits per heavy atom. The first-order chi connectivity index (χ1) is 22.6. The Labute approximate surface area is 308 Å². The van der Waals surface area contributed by atoms with Crippen LogP contribution in [0.3, 0.4) is 0 Å². The van der Waals surface area contributed by atoms with E-state index in [0.717, 1.165) is 30.0 Å². The molecule has 254 valence electrons. The zero-order valence-electron chi connectivity index (χ0n) is 28.0. The Morgan fingerprint density at radius 3 is 2.11 bits per heavy atom. The molecular formula is C39H55Br2NOS3. The number of aryl methyl sites for hydroxylation is 1. The summed E-state index contributed by atoms with van der Waals surface area (Å²) in [7, 11) is 0. The topological polar surface area (TPSA) is 22.1 Å². The normalized spacial score (nSPS) is 16.2. The van der Waals surface area contributed by atoms with Crippen molar-refractivity contribution < 1.29 is 4.74 Å². The first kappa shape index (κ1) is 38.4. The number of thioether (sulfide) groups is 1. The molecule has 0 spiro atoms. The van der Waals surface area contributed by atoms with Gasteiger partial charge in [-0.05, 0) is 99.2 Å². The molecule has 0 saturated carbocycles. The van der Waals surface area contributed by atoms with E-state index in [0.29, 0.717) is 0 Å². The van der Waals surface area contributed by atoms with E-state index in [4.69, 9.17) is 9.72 Å². The molecule has 0 aliphatic heterocycles. The van der Waals surface area contributed by atoms with Crippen LogP contribution in [-0.4, -0.2) is 17.3 Å². The largest absolute Gasteiger partial charge is 0.363 e. The molecule has 3 aromatic rings. The van der Waals surface area contributed by atoms with Gasteiger partial charge in [-0.1, -0.05) is 121 Å². The van der Waals surface area contributed by atoms with Gasteiger partial charge in [0.1, 0.15) is 10.6 Å². The standard InChI is InChI=1S/C39H55Br2NOS3/c1-2-3-4-5-6-7-10-13-16-22-29-44-33-24-25-34-35(31-33)45-38(42-34)39(26-19-17-20-27-39)43-28-21-15-12-9-8-11-14-18-23-32-30-36(40)46-37(32)41/h17,19-20,24-26,30-31H,2-16,18,21-23,27-29H2,1H3. The second-order valence-corrected chi connectivity index (χ2v) is 18.8. The van der Waals surface area contributed by atoms with Crippen molar-refractivity contribution in [3.8, 4) is 0 Å². The fourth-order valence-electron chi connectivity index (χ4n) is 6.16. The summed E-state index contributed by atoms with van der Waals surface area (Å²) in [5.74, 6) is 1.21. The van der Waals surface area contributed by atoms with E-state index in [9.17, 15) is 0 Å². The Balaban J connectivity index is 1.11. The van der Waals surface area contributed by atoms with Gasteiger partial charge in [-0.3, -0.25) is 0 Å². The first-order valence-electron chi connectivity index (χ1n) is 18.1. The highest BCUT2D eigenvalue weighted by Gasteiger charge is 2.34. The van der Waals surface area contributed by atoms with E-state index in [1.165, 1.54) is 144 Å². The van der Waals surface area contributed by atoms with Gasteiger partial charge in [0, 0.05) is 17.9 Å². The third kappa shape index (κ3) is 13.5. The van der Waals surface area contributed by atoms with Crippen LogP contribution in [0.25, 0.3) is 10.2 Å². The van der Waals surface area contributed by atoms with Gasteiger partial charge >= 0.3 is 0 Å². The summed E-state index contributed by atoms with van der Waals surface area (Å²) in [5.41, 5.74) is 2.13. The second-order valence-electron chi connectivity index (χ2n) is 12.8. The highest BCUT2D eigenvalue weighted by atomic mass is 79.9. The third-order valence-electron chi connectivity index (χ3n) is 8.95. The fourth-order valence-corrected chi connectivity index (χ4v) is 11.2. The Morgan fingerprint density at radius 1 is 0.783 bits per heavy atom. The van der Waals surface area contributed by atoms with E-state index in [1.807, 2.05) is 23.1 Å². The number of nitrogens with zero attached hydrogens (tertiary/aromatic N) is 1. The maximum Gasteiger partial charge on any atom is 0.141 e. The van der Waals surface area contributed by atoms with Crippen LogP contribution >= 0.6 is 66.3 Å². The van der Waals surface area contributed by atoms with Gasteiger partial charge < -0.3 is 4.74 Å². The lowest BCUT2D eigenvalue weighted by atomic mass is 9.95. The van der Waals surface area contributed by atoms with Crippen molar-refractivity contribution in [1.82, 2.24) is 4.98 Å². The monoisotopic (exact) mass is 807 g/mol. The van der Waals surface area contributed by atoms with Crippen molar-refractivity contribution in [3.05, 3.63) is 66.7 Å². The number of aromatic nitrogens is 1. The molecule has 2 heterocycles. The number of fused-ring (bicyclic) bond motifs is 1. The zero-order chi connectivity index (χ0) is 32.3. The number of halogens is 2. The maximum absolute atomic E-state index is 6.67. The van der Waals surface area contributed by atoms with Crippen LogP contribution in [-0.2, 0) is 16.8 Å². The second kappa shape index (κ2) is 22.3. The van der Waals surface area contributed by atoms with E-state index in [2.05, 4.69) is 87.4 Å². The number of hydrogen-bond donors (Lipinski definition) is 0. The van der Waals surface area contributed by atoms with Crippen LogP contribution < -0.4 is 0 Å². The van der Waals surface area contributed by atoms with Crippen LogP contribution in [0.15, 0.2) is 61.0 Å². The maximum atomic E-state index is 6.67. The molecule has 0 fully saturated rings. The van der Waals surface area contributed by atoms with Gasteiger partial charge in [0.2, 0.25) is 0 Å². The molecule has 0 saturated heterocycles. The number of thiophene rings is 1. The van der Waals surface area contributed by atoms with E-state index < -0.39 is 5.60 Å². The molecule has 1 unspecified atom stereocenters. The first-order valence-corrected chi connectivity index (χ1v) is 22.3. The summed E-state index contributed by atoms with van der Waals surface area (Å²) >= 11 is 12.9. The summed E-state index contributed by atoms with van der Waals surface area (Å²) in [6.07, 6.45) is 35.0. The van der Waals surface area contributed by atoms with Crippen molar-refractivity contribution >= 4 is 76.5 Å². The van der Waals surface area contributed by atoms with Crippen molar-refractivity contribution in [3.63, 3.8) is 0 Å². The summed E-state index contributed by atoms with van der Waals surface area (Å²) in [6, 6.07) is 9.09. The van der Waals surface area contributed by atoms with E-state index >= 15 is 0 Å². The molecule has 0 radical (unpaired) electrons. The number of thiazole rings is 1. The van der Waals surface area contributed by atoms with Gasteiger partial charge in [0.15, 0.2) is 0 Å². The highest BCUT2D eigenvalue weighted by Crippen LogP contribution is 2.40. The Kier molecular flexibility index (Phi) is 18.6. The van der Waals surface area contributed by atoms with Gasteiger partial charge in [-0.25, -0.2) is 4.98 Å². The zero-order valence-corrected chi connectivity index (χ0v) is 33.6. The Bertz CT molecular complexity index is 1330. The molecule has 1 atom stereocenters. The lowest BCUT2D eigenvalue weighted by molar-refractivity contribution is -0.0131. The fraction of sp³-hybridized carbons (Fsp3) is 0.615. The Hall–Kier alpha value is -0.440. The van der Waals surface area contributed by atoms with Gasteiger partial charge in [-0.2, -0.15) is 0 Å². The molecule has 46 heavy (non-hydrogen) atoms. The molecule has 4 rings (SSSR count). The molecule has 1 aliphatic carbocycles. The van der Waals surface area contributed by atoms with Crippen molar-refractivity contribution in [2.75, 3.05) is 12.4 Å². The number of rotatable bonds is 25. The lowest BCUT2D eigenvalue weighted by Gasteiger charge is -2.29. The molecule has 7 heteroatoms. The highest BCUT2D eigenvalue weighted by molar-refractivity contribution is 9.12. The van der Waals surface area contributed by atoms with Crippen LogP contribution in [0.2, 0.25) is 0 Å². The molecule has 0 N–H and O–H groups in total. The van der Waals surface area contributed by atoms with Crippen LogP contribution in [0.5, 0.6) is 0 Å². The minimum absolute atomic E-state index is 0.422. The van der Waals surface area contributed by atoms with Crippen molar-refractivity contribution in [2.24, 2.45) is 0 Å². The van der Waals surface area contributed by atoms with E-state index in [-0.39, 0.29) is 0 Å². The SMILES string of the molecule is CCCCCCCCCCCCSc1ccc2nc(C3(OCCCCCCCCCCc4cc(Br)sc4Br)C=CC=CC3)sc2c1. The van der Waals surface area contributed by atoms with Gasteiger partial charge in [0.25, 0.3) is 0 Å². The quantitative estimate of drug-likeness (QED) is 0.0629. The molecule has 0 amide bonds. The molecule has 1 aliphatic rings. The third-order valence-corrected chi connectivity index (χ3v) is 13.7. The average Bonchev–Trinajstić information content (AvgIpc) is 3.64. The van der Waals surface area contributed by atoms with Crippen molar-refractivity contribution in [1.29, 1.82) is 0 Å². The molecule has 0 bridgehead atoms. The van der Waals surface area contributed by atoms with Gasteiger partial charge in [-0.15, -0.1) is 34.4 Å². The molecular weight excluding hydrogens is 754 g/mol. The summed E-state index contributed by atoms with van der Waals surface area (Å²) in [5, 5.41) is 1.10. The predicted molar refractivity (Wildman–Crippen MR) is 213 cm³/mol. The van der Waals surface area contributed by atoms with Crippen LogP contribution in [0.4, 0.5) is 0 Å². The number of hydrogen-bond acceptors (Lipinski definition) is 5. The molecule has 1 aromatic carbocycles. The molecule has 2 nitrogen and oxygen atoms in total.